The minimum atomic E-state index is -0.0943. The molecule has 0 atom stereocenters. The molecular formula is C12H12N2O2. The molecule has 2 aromatic rings. The fourth-order valence-electron chi connectivity index (χ4n) is 1.39. The van der Waals surface area contributed by atoms with Crippen molar-refractivity contribution in [3.63, 3.8) is 0 Å². The van der Waals surface area contributed by atoms with E-state index in [0.29, 0.717) is 12.2 Å². The van der Waals surface area contributed by atoms with Crippen molar-refractivity contribution in [3.05, 3.63) is 48.0 Å². The van der Waals surface area contributed by atoms with Crippen LogP contribution < -0.4 is 5.32 Å². The van der Waals surface area contributed by atoms with Crippen LogP contribution in [0, 0.1) is 6.92 Å². The second-order valence-corrected chi connectivity index (χ2v) is 3.44. The van der Waals surface area contributed by atoms with Gasteiger partial charge in [-0.25, -0.2) is 4.98 Å². The number of hydrogen-bond acceptors (Lipinski definition) is 3. The second kappa shape index (κ2) is 4.61. The van der Waals surface area contributed by atoms with Gasteiger partial charge in [0.05, 0.1) is 12.7 Å². The summed E-state index contributed by atoms with van der Waals surface area (Å²) in [7, 11) is 0. The van der Waals surface area contributed by atoms with Crippen molar-refractivity contribution >= 4 is 11.7 Å². The van der Waals surface area contributed by atoms with E-state index in [9.17, 15) is 4.79 Å². The number of furan rings is 1. The van der Waals surface area contributed by atoms with E-state index in [2.05, 4.69) is 10.3 Å². The van der Waals surface area contributed by atoms with Gasteiger partial charge in [-0.15, -0.1) is 0 Å². The molecular weight excluding hydrogens is 204 g/mol. The third-order valence-electron chi connectivity index (χ3n) is 2.25. The Morgan fingerprint density at radius 3 is 2.94 bits per heavy atom. The Labute approximate surface area is 93.3 Å². The fraction of sp³-hybridized carbons (Fsp3) is 0.167. The van der Waals surface area contributed by atoms with E-state index < -0.39 is 0 Å². The van der Waals surface area contributed by atoms with Crippen LogP contribution in [0.4, 0.5) is 5.82 Å². The highest BCUT2D eigenvalue weighted by molar-refractivity contribution is 5.91. The molecule has 0 saturated carbocycles. The summed E-state index contributed by atoms with van der Waals surface area (Å²) in [5, 5.41) is 2.72. The molecule has 0 unspecified atom stereocenters. The lowest BCUT2D eigenvalue weighted by molar-refractivity contribution is -0.115. The lowest BCUT2D eigenvalue weighted by atomic mass is 10.2. The van der Waals surface area contributed by atoms with Gasteiger partial charge >= 0.3 is 0 Å². The SMILES string of the molecule is Cc1occc1CC(=O)Nc1ccccn1. The standard InChI is InChI=1S/C12H12N2O2/c1-9-10(5-7-16-9)8-12(15)14-11-4-2-3-6-13-11/h2-7H,8H2,1H3,(H,13,14,15). The number of nitrogens with zero attached hydrogens (tertiary/aromatic N) is 1. The van der Waals surface area contributed by atoms with E-state index in [0.717, 1.165) is 11.3 Å². The predicted octanol–water partition coefficient (Wildman–Crippen LogP) is 2.16. The van der Waals surface area contributed by atoms with Crippen molar-refractivity contribution < 1.29 is 9.21 Å². The number of carbonyl (C=O) groups excluding carboxylic acids is 1. The number of rotatable bonds is 3. The number of pyridine rings is 1. The molecule has 0 aromatic carbocycles. The number of aryl methyl sites for hydroxylation is 1. The van der Waals surface area contributed by atoms with E-state index >= 15 is 0 Å². The zero-order valence-corrected chi connectivity index (χ0v) is 8.93. The third kappa shape index (κ3) is 2.48. The fourth-order valence-corrected chi connectivity index (χ4v) is 1.39. The maximum atomic E-state index is 11.6. The van der Waals surface area contributed by atoms with Gasteiger partial charge in [-0.2, -0.15) is 0 Å². The van der Waals surface area contributed by atoms with Crippen LogP contribution >= 0.6 is 0 Å². The molecule has 2 heterocycles. The van der Waals surface area contributed by atoms with Gasteiger partial charge in [0.2, 0.25) is 5.91 Å². The van der Waals surface area contributed by atoms with Crippen LogP contribution in [-0.2, 0) is 11.2 Å². The summed E-state index contributed by atoms with van der Waals surface area (Å²) in [6.45, 7) is 1.84. The Balaban J connectivity index is 1.98. The van der Waals surface area contributed by atoms with Crippen molar-refractivity contribution in [2.24, 2.45) is 0 Å². The van der Waals surface area contributed by atoms with Crippen molar-refractivity contribution in [2.45, 2.75) is 13.3 Å². The number of anilines is 1. The summed E-state index contributed by atoms with van der Waals surface area (Å²) < 4.78 is 5.12. The molecule has 0 saturated heterocycles. The van der Waals surface area contributed by atoms with Crippen LogP contribution in [0.3, 0.4) is 0 Å². The summed E-state index contributed by atoms with van der Waals surface area (Å²) in [4.78, 5) is 15.7. The number of carbonyl (C=O) groups is 1. The number of amides is 1. The maximum Gasteiger partial charge on any atom is 0.230 e. The molecule has 0 bridgehead atoms. The molecule has 1 N–H and O–H groups in total. The molecule has 1 amide bonds. The Hall–Kier alpha value is -2.10. The van der Waals surface area contributed by atoms with Crippen molar-refractivity contribution in [1.82, 2.24) is 4.98 Å². The van der Waals surface area contributed by atoms with Crippen LogP contribution in [0.1, 0.15) is 11.3 Å². The Morgan fingerprint density at radius 2 is 2.31 bits per heavy atom. The van der Waals surface area contributed by atoms with E-state index in [-0.39, 0.29) is 5.91 Å². The maximum absolute atomic E-state index is 11.6. The first kappa shape index (κ1) is 10.4. The highest BCUT2D eigenvalue weighted by Crippen LogP contribution is 2.10. The second-order valence-electron chi connectivity index (χ2n) is 3.44. The molecule has 4 heteroatoms. The molecule has 16 heavy (non-hydrogen) atoms. The molecule has 82 valence electrons. The van der Waals surface area contributed by atoms with Crippen LogP contribution in [0.5, 0.6) is 0 Å². The van der Waals surface area contributed by atoms with Crippen LogP contribution in [0.25, 0.3) is 0 Å². The molecule has 2 aromatic heterocycles. The minimum absolute atomic E-state index is 0.0943. The van der Waals surface area contributed by atoms with Gasteiger partial charge in [-0.1, -0.05) is 6.07 Å². The van der Waals surface area contributed by atoms with Crippen molar-refractivity contribution in [1.29, 1.82) is 0 Å². The Bertz CT molecular complexity index is 477. The zero-order valence-electron chi connectivity index (χ0n) is 8.93. The largest absolute Gasteiger partial charge is 0.469 e. The van der Waals surface area contributed by atoms with Crippen LogP contribution in [0.2, 0.25) is 0 Å². The molecule has 0 spiro atoms. The minimum Gasteiger partial charge on any atom is -0.469 e. The molecule has 2 rings (SSSR count). The monoisotopic (exact) mass is 216 g/mol. The highest BCUT2D eigenvalue weighted by atomic mass is 16.3. The van der Waals surface area contributed by atoms with Gasteiger partial charge in [0, 0.05) is 11.8 Å². The Kier molecular flexibility index (Phi) is 3.00. The first-order valence-corrected chi connectivity index (χ1v) is 4.99. The van der Waals surface area contributed by atoms with Gasteiger partial charge in [-0.3, -0.25) is 4.79 Å². The molecule has 4 nitrogen and oxygen atoms in total. The van der Waals surface area contributed by atoms with Gasteiger partial charge in [0.1, 0.15) is 11.6 Å². The average molecular weight is 216 g/mol. The lowest BCUT2D eigenvalue weighted by Gasteiger charge is -2.02. The highest BCUT2D eigenvalue weighted by Gasteiger charge is 2.08. The quantitative estimate of drug-likeness (QED) is 0.855. The van der Waals surface area contributed by atoms with E-state index in [4.69, 9.17) is 4.42 Å². The third-order valence-corrected chi connectivity index (χ3v) is 2.25. The first-order valence-electron chi connectivity index (χ1n) is 4.99. The van der Waals surface area contributed by atoms with Crippen molar-refractivity contribution in [2.75, 3.05) is 5.32 Å². The molecule has 0 fully saturated rings. The topological polar surface area (TPSA) is 55.1 Å². The molecule has 0 radical (unpaired) electrons. The Morgan fingerprint density at radius 1 is 1.44 bits per heavy atom. The van der Waals surface area contributed by atoms with Crippen LogP contribution in [-0.4, -0.2) is 10.9 Å². The number of hydrogen-bond donors (Lipinski definition) is 1. The van der Waals surface area contributed by atoms with E-state index in [1.807, 2.05) is 13.0 Å². The van der Waals surface area contributed by atoms with E-state index in [1.165, 1.54) is 0 Å². The van der Waals surface area contributed by atoms with Gasteiger partial charge < -0.3 is 9.73 Å². The normalized spacial score (nSPS) is 10.1. The summed E-state index contributed by atoms with van der Waals surface area (Å²) in [5.74, 6) is 1.24. The van der Waals surface area contributed by atoms with Crippen molar-refractivity contribution in [3.8, 4) is 0 Å². The number of nitrogens with one attached hydrogen (secondary N) is 1. The van der Waals surface area contributed by atoms with Gasteiger partial charge in [0.15, 0.2) is 0 Å². The lowest BCUT2D eigenvalue weighted by Crippen LogP contribution is -2.15. The summed E-state index contributed by atoms with van der Waals surface area (Å²) in [5.41, 5.74) is 0.897. The zero-order chi connectivity index (χ0) is 11.4. The summed E-state index contributed by atoms with van der Waals surface area (Å²) in [6.07, 6.45) is 3.52. The van der Waals surface area contributed by atoms with Crippen LogP contribution in [0.15, 0.2) is 41.1 Å². The summed E-state index contributed by atoms with van der Waals surface area (Å²) in [6, 6.07) is 7.18. The summed E-state index contributed by atoms with van der Waals surface area (Å²) >= 11 is 0. The van der Waals surface area contributed by atoms with E-state index in [1.54, 1.807) is 30.7 Å². The van der Waals surface area contributed by atoms with Gasteiger partial charge in [0.25, 0.3) is 0 Å². The number of aromatic nitrogens is 1. The smallest absolute Gasteiger partial charge is 0.230 e. The molecule has 0 aliphatic rings. The predicted molar refractivity (Wildman–Crippen MR) is 60.0 cm³/mol. The molecule has 0 aliphatic carbocycles. The average Bonchev–Trinajstić information content (AvgIpc) is 2.66. The first-order chi connectivity index (χ1) is 7.75. The van der Waals surface area contributed by atoms with Gasteiger partial charge in [-0.05, 0) is 25.1 Å². The molecule has 0 aliphatic heterocycles.